The van der Waals surface area contributed by atoms with Crippen LogP contribution in [-0.2, 0) is 12.6 Å². The summed E-state index contributed by atoms with van der Waals surface area (Å²) in [6.07, 6.45) is -4.67. The molecule has 17 heavy (non-hydrogen) atoms. The number of halogens is 4. The van der Waals surface area contributed by atoms with Gasteiger partial charge in [-0.15, -0.1) is 0 Å². The summed E-state index contributed by atoms with van der Waals surface area (Å²) in [5.74, 6) is -0.608. The molecule has 1 aromatic heterocycles. The molecule has 0 bridgehead atoms. The fraction of sp³-hybridized carbons (Fsp3) is 0.273. The van der Waals surface area contributed by atoms with E-state index >= 15 is 0 Å². The quantitative estimate of drug-likeness (QED) is 0.786. The average Bonchev–Trinajstić information content (AvgIpc) is 2.56. The van der Waals surface area contributed by atoms with Crippen molar-refractivity contribution in [1.82, 2.24) is 4.98 Å². The standard InChI is InChI=1S/C11H9F4NO/c12-6-1-2-7-8(3-4-17)10(11(13,14)15)16-9(7)5-6/h1-2,5,16-17H,3-4H2. The van der Waals surface area contributed by atoms with Gasteiger partial charge in [-0.3, -0.25) is 0 Å². The molecular weight excluding hydrogens is 238 g/mol. The lowest BCUT2D eigenvalue weighted by atomic mass is 10.1. The summed E-state index contributed by atoms with van der Waals surface area (Å²) in [6.45, 7) is -0.395. The van der Waals surface area contributed by atoms with Crippen LogP contribution in [0.1, 0.15) is 11.3 Å². The number of hydrogen-bond acceptors (Lipinski definition) is 1. The molecule has 2 nitrogen and oxygen atoms in total. The van der Waals surface area contributed by atoms with Crippen molar-refractivity contribution in [2.24, 2.45) is 0 Å². The Morgan fingerprint density at radius 1 is 1.24 bits per heavy atom. The number of aromatic amines is 1. The first-order valence-electron chi connectivity index (χ1n) is 4.91. The van der Waals surface area contributed by atoms with Crippen LogP contribution in [-0.4, -0.2) is 16.7 Å². The molecule has 2 rings (SSSR count). The number of hydrogen-bond donors (Lipinski definition) is 2. The highest BCUT2D eigenvalue weighted by molar-refractivity contribution is 5.85. The van der Waals surface area contributed by atoms with Gasteiger partial charge in [0.05, 0.1) is 0 Å². The van der Waals surface area contributed by atoms with Crippen molar-refractivity contribution in [3.05, 3.63) is 35.3 Å². The van der Waals surface area contributed by atoms with Crippen LogP contribution in [0.2, 0.25) is 0 Å². The van der Waals surface area contributed by atoms with Crippen molar-refractivity contribution in [3.8, 4) is 0 Å². The van der Waals surface area contributed by atoms with Crippen LogP contribution in [0.15, 0.2) is 18.2 Å². The summed E-state index contributed by atoms with van der Waals surface area (Å²) in [5, 5.41) is 9.07. The molecule has 0 aliphatic carbocycles. The molecule has 0 aliphatic rings. The Hall–Kier alpha value is -1.56. The van der Waals surface area contributed by atoms with Gasteiger partial charge in [0, 0.05) is 17.5 Å². The number of aromatic nitrogens is 1. The first kappa shape index (κ1) is 11.9. The monoisotopic (exact) mass is 247 g/mol. The summed E-state index contributed by atoms with van der Waals surface area (Å²) in [4.78, 5) is 2.15. The molecule has 0 amide bonds. The summed E-state index contributed by atoms with van der Waals surface area (Å²) in [5.41, 5.74) is -0.872. The summed E-state index contributed by atoms with van der Waals surface area (Å²) in [7, 11) is 0. The zero-order chi connectivity index (χ0) is 12.6. The van der Waals surface area contributed by atoms with E-state index in [9.17, 15) is 17.6 Å². The summed E-state index contributed by atoms with van der Waals surface area (Å²) in [6, 6.07) is 3.38. The Labute approximate surface area is 93.9 Å². The van der Waals surface area contributed by atoms with E-state index in [1.165, 1.54) is 6.07 Å². The number of rotatable bonds is 2. The first-order chi connectivity index (χ1) is 7.93. The van der Waals surface area contributed by atoms with Gasteiger partial charge in [-0.1, -0.05) is 0 Å². The Bertz CT molecular complexity index is 544. The maximum Gasteiger partial charge on any atom is 0.431 e. The molecule has 6 heteroatoms. The minimum absolute atomic E-state index is 0.0324. The topological polar surface area (TPSA) is 36.0 Å². The third-order valence-electron chi connectivity index (χ3n) is 2.51. The molecule has 92 valence electrons. The van der Waals surface area contributed by atoms with E-state index in [4.69, 9.17) is 5.11 Å². The molecule has 1 aromatic carbocycles. The maximum atomic E-state index is 12.9. The molecule has 0 radical (unpaired) electrons. The largest absolute Gasteiger partial charge is 0.431 e. The molecule has 0 atom stereocenters. The highest BCUT2D eigenvalue weighted by atomic mass is 19.4. The second-order valence-electron chi connectivity index (χ2n) is 3.64. The highest BCUT2D eigenvalue weighted by Crippen LogP contribution is 2.35. The van der Waals surface area contributed by atoms with Crippen molar-refractivity contribution < 1.29 is 22.7 Å². The number of alkyl halides is 3. The van der Waals surface area contributed by atoms with Gasteiger partial charge in [-0.2, -0.15) is 13.2 Å². The lowest BCUT2D eigenvalue weighted by Gasteiger charge is -2.06. The number of aliphatic hydroxyl groups is 1. The normalized spacial score (nSPS) is 12.3. The van der Waals surface area contributed by atoms with E-state index < -0.39 is 24.3 Å². The van der Waals surface area contributed by atoms with Gasteiger partial charge in [-0.05, 0) is 30.2 Å². The molecule has 0 unspecified atom stereocenters. The zero-order valence-corrected chi connectivity index (χ0v) is 8.61. The number of aliphatic hydroxyl groups excluding tert-OH is 1. The second-order valence-corrected chi connectivity index (χ2v) is 3.64. The Morgan fingerprint density at radius 2 is 1.94 bits per heavy atom. The van der Waals surface area contributed by atoms with Crippen molar-refractivity contribution >= 4 is 10.9 Å². The van der Waals surface area contributed by atoms with E-state index in [-0.39, 0.29) is 22.9 Å². The van der Waals surface area contributed by atoms with Crippen molar-refractivity contribution in [2.45, 2.75) is 12.6 Å². The lowest BCUT2D eigenvalue weighted by molar-refractivity contribution is -0.141. The number of fused-ring (bicyclic) bond motifs is 1. The van der Waals surface area contributed by atoms with Crippen LogP contribution >= 0.6 is 0 Å². The minimum Gasteiger partial charge on any atom is -0.396 e. The summed E-state index contributed by atoms with van der Waals surface area (Å²) < 4.78 is 51.0. The molecule has 2 N–H and O–H groups in total. The van der Waals surface area contributed by atoms with E-state index in [0.29, 0.717) is 0 Å². The first-order valence-corrected chi connectivity index (χ1v) is 4.91. The second kappa shape index (κ2) is 4.03. The molecule has 0 fully saturated rings. The van der Waals surface area contributed by atoms with Crippen LogP contribution in [0.3, 0.4) is 0 Å². The molecule has 2 aromatic rings. The number of benzene rings is 1. The van der Waals surface area contributed by atoms with Gasteiger partial charge in [0.2, 0.25) is 0 Å². The Balaban J connectivity index is 2.70. The van der Waals surface area contributed by atoms with Crippen molar-refractivity contribution in [2.75, 3.05) is 6.61 Å². The fourth-order valence-electron chi connectivity index (χ4n) is 1.84. The molecule has 1 heterocycles. The molecular formula is C11H9F4NO. The highest BCUT2D eigenvalue weighted by Gasteiger charge is 2.36. The van der Waals surface area contributed by atoms with Crippen LogP contribution in [0, 0.1) is 5.82 Å². The molecule has 0 saturated heterocycles. The van der Waals surface area contributed by atoms with Gasteiger partial charge in [0.15, 0.2) is 0 Å². The van der Waals surface area contributed by atoms with Crippen molar-refractivity contribution in [3.63, 3.8) is 0 Å². The smallest absolute Gasteiger partial charge is 0.396 e. The minimum atomic E-state index is -4.54. The lowest BCUT2D eigenvalue weighted by Crippen LogP contribution is -2.09. The molecule has 0 saturated carbocycles. The van der Waals surface area contributed by atoms with E-state index in [1.807, 2.05) is 0 Å². The zero-order valence-electron chi connectivity index (χ0n) is 8.61. The Morgan fingerprint density at radius 3 is 2.53 bits per heavy atom. The van der Waals surface area contributed by atoms with Crippen LogP contribution < -0.4 is 0 Å². The predicted molar refractivity (Wildman–Crippen MR) is 54.0 cm³/mol. The van der Waals surface area contributed by atoms with Gasteiger partial charge in [-0.25, -0.2) is 4.39 Å². The van der Waals surface area contributed by atoms with Crippen LogP contribution in [0.4, 0.5) is 17.6 Å². The van der Waals surface area contributed by atoms with E-state index in [0.717, 1.165) is 12.1 Å². The van der Waals surface area contributed by atoms with Gasteiger partial charge in [0.1, 0.15) is 11.5 Å². The van der Waals surface area contributed by atoms with Crippen LogP contribution in [0.25, 0.3) is 10.9 Å². The molecule has 0 aliphatic heterocycles. The predicted octanol–water partition coefficient (Wildman–Crippen LogP) is 2.86. The van der Waals surface area contributed by atoms with Gasteiger partial charge < -0.3 is 10.1 Å². The Kier molecular flexibility index (Phi) is 2.82. The maximum absolute atomic E-state index is 12.9. The average molecular weight is 247 g/mol. The third kappa shape index (κ3) is 2.12. The van der Waals surface area contributed by atoms with Gasteiger partial charge in [0.25, 0.3) is 0 Å². The third-order valence-corrected chi connectivity index (χ3v) is 2.51. The van der Waals surface area contributed by atoms with E-state index in [1.54, 1.807) is 0 Å². The summed E-state index contributed by atoms with van der Waals surface area (Å²) >= 11 is 0. The number of nitrogens with one attached hydrogen (secondary N) is 1. The number of H-pyrrole nitrogens is 1. The molecule has 0 spiro atoms. The van der Waals surface area contributed by atoms with Crippen LogP contribution in [0.5, 0.6) is 0 Å². The van der Waals surface area contributed by atoms with Gasteiger partial charge >= 0.3 is 6.18 Å². The van der Waals surface area contributed by atoms with Crippen molar-refractivity contribution in [1.29, 1.82) is 0 Å². The fourth-order valence-corrected chi connectivity index (χ4v) is 1.84. The van der Waals surface area contributed by atoms with E-state index in [2.05, 4.69) is 4.98 Å². The SMILES string of the molecule is OCCc1c(C(F)(F)F)[nH]c2cc(F)ccc12.